The smallest absolute Gasteiger partial charge is 0.239 e. The summed E-state index contributed by atoms with van der Waals surface area (Å²) < 4.78 is 5.75. The van der Waals surface area contributed by atoms with Crippen LogP contribution in [0, 0.1) is 32.1 Å². The lowest BCUT2D eigenvalue weighted by atomic mass is 10.1. The predicted molar refractivity (Wildman–Crippen MR) is 74.7 cm³/mol. The molecule has 19 heavy (non-hydrogen) atoms. The number of aryl methyl sites for hydroxylation is 2. The summed E-state index contributed by atoms with van der Waals surface area (Å²) in [7, 11) is 0. The van der Waals surface area contributed by atoms with E-state index in [0.29, 0.717) is 11.3 Å². The Labute approximate surface area is 117 Å². The molecule has 96 valence electrons. The fourth-order valence-corrected chi connectivity index (χ4v) is 1.99. The van der Waals surface area contributed by atoms with E-state index in [9.17, 15) is 0 Å². The molecule has 0 unspecified atom stereocenters. The van der Waals surface area contributed by atoms with E-state index in [1.165, 1.54) is 6.20 Å². The van der Waals surface area contributed by atoms with Gasteiger partial charge in [-0.15, -0.1) is 0 Å². The molecular formula is C15H13ClN2O. The first kappa shape index (κ1) is 13.4. The number of nitriles is 1. The second-order valence-electron chi connectivity index (χ2n) is 4.40. The minimum absolute atomic E-state index is 0.239. The first-order valence-corrected chi connectivity index (χ1v) is 6.21. The number of benzene rings is 1. The van der Waals surface area contributed by atoms with Crippen LogP contribution in [0.4, 0.5) is 0 Å². The minimum atomic E-state index is 0.239. The number of halogens is 1. The Morgan fingerprint density at radius 2 is 2.00 bits per heavy atom. The number of rotatable bonds is 2. The van der Waals surface area contributed by atoms with E-state index in [1.807, 2.05) is 32.9 Å². The quantitative estimate of drug-likeness (QED) is 0.818. The Morgan fingerprint density at radius 3 is 2.68 bits per heavy atom. The number of hydrogen-bond acceptors (Lipinski definition) is 3. The van der Waals surface area contributed by atoms with Gasteiger partial charge in [0.05, 0.1) is 5.56 Å². The van der Waals surface area contributed by atoms with Crippen LogP contribution in [-0.2, 0) is 0 Å². The van der Waals surface area contributed by atoms with Crippen molar-refractivity contribution in [3.63, 3.8) is 0 Å². The van der Waals surface area contributed by atoms with Crippen LogP contribution in [0.25, 0.3) is 0 Å². The maximum Gasteiger partial charge on any atom is 0.239 e. The molecule has 0 saturated heterocycles. The van der Waals surface area contributed by atoms with E-state index in [-0.39, 0.29) is 10.9 Å². The second kappa shape index (κ2) is 5.29. The summed E-state index contributed by atoms with van der Waals surface area (Å²) >= 11 is 6.08. The SMILES string of the molecule is Cc1cc(C)c(C)c(Oc2nccc(C#N)c2Cl)c1. The Morgan fingerprint density at radius 1 is 1.26 bits per heavy atom. The standard InChI is InChI=1S/C15H13ClN2O/c1-9-6-10(2)11(3)13(7-9)19-15-14(16)12(8-17)4-5-18-15/h4-7H,1-3H3. The zero-order chi connectivity index (χ0) is 14.0. The molecule has 0 atom stereocenters. The molecule has 0 N–H and O–H groups in total. The maximum atomic E-state index is 8.93. The lowest BCUT2D eigenvalue weighted by molar-refractivity contribution is 0.459. The highest BCUT2D eigenvalue weighted by molar-refractivity contribution is 6.33. The highest BCUT2D eigenvalue weighted by Gasteiger charge is 2.12. The average Bonchev–Trinajstić information content (AvgIpc) is 2.37. The van der Waals surface area contributed by atoms with Crippen LogP contribution in [0.3, 0.4) is 0 Å². The van der Waals surface area contributed by atoms with E-state index in [4.69, 9.17) is 21.6 Å². The lowest BCUT2D eigenvalue weighted by Crippen LogP contribution is -1.95. The van der Waals surface area contributed by atoms with Gasteiger partial charge in [-0.05, 0) is 49.6 Å². The van der Waals surface area contributed by atoms with E-state index in [2.05, 4.69) is 11.1 Å². The molecule has 3 nitrogen and oxygen atoms in total. The topological polar surface area (TPSA) is 45.9 Å². The van der Waals surface area contributed by atoms with Gasteiger partial charge in [0.25, 0.3) is 0 Å². The fraction of sp³-hybridized carbons (Fsp3) is 0.200. The van der Waals surface area contributed by atoms with Crippen molar-refractivity contribution >= 4 is 11.6 Å². The van der Waals surface area contributed by atoms with Crippen molar-refractivity contribution in [1.29, 1.82) is 5.26 Å². The Balaban J connectivity index is 2.45. The highest BCUT2D eigenvalue weighted by atomic mass is 35.5. The van der Waals surface area contributed by atoms with Crippen LogP contribution >= 0.6 is 11.6 Å². The summed E-state index contributed by atoms with van der Waals surface area (Å²) in [4.78, 5) is 4.08. The monoisotopic (exact) mass is 272 g/mol. The van der Waals surface area contributed by atoms with E-state index in [1.54, 1.807) is 6.07 Å². The van der Waals surface area contributed by atoms with Gasteiger partial charge in [-0.1, -0.05) is 17.7 Å². The third-order valence-corrected chi connectivity index (χ3v) is 3.31. The molecule has 1 aromatic heterocycles. The van der Waals surface area contributed by atoms with Gasteiger partial charge in [0, 0.05) is 6.20 Å². The molecule has 0 saturated carbocycles. The number of ether oxygens (including phenoxy) is 1. The summed E-state index contributed by atoms with van der Waals surface area (Å²) in [5.41, 5.74) is 3.63. The van der Waals surface area contributed by atoms with Gasteiger partial charge >= 0.3 is 0 Å². The normalized spacial score (nSPS) is 10.1. The van der Waals surface area contributed by atoms with Gasteiger partial charge in [0.1, 0.15) is 16.8 Å². The third-order valence-electron chi connectivity index (χ3n) is 2.95. The van der Waals surface area contributed by atoms with Gasteiger partial charge < -0.3 is 4.74 Å². The van der Waals surface area contributed by atoms with Crippen molar-refractivity contribution < 1.29 is 4.74 Å². The van der Waals surface area contributed by atoms with Gasteiger partial charge in [0.15, 0.2) is 0 Å². The van der Waals surface area contributed by atoms with Crippen molar-refractivity contribution in [2.24, 2.45) is 0 Å². The number of pyridine rings is 1. The molecule has 0 aliphatic carbocycles. The zero-order valence-electron chi connectivity index (χ0n) is 11.0. The van der Waals surface area contributed by atoms with Crippen LogP contribution in [0.5, 0.6) is 11.6 Å². The summed E-state index contributed by atoms with van der Waals surface area (Å²) in [5, 5.41) is 9.17. The third kappa shape index (κ3) is 2.69. The number of hydrogen-bond donors (Lipinski definition) is 0. The Hall–Kier alpha value is -2.05. The van der Waals surface area contributed by atoms with Crippen LogP contribution < -0.4 is 4.74 Å². The van der Waals surface area contributed by atoms with Crippen LogP contribution in [-0.4, -0.2) is 4.98 Å². The number of aromatic nitrogens is 1. The van der Waals surface area contributed by atoms with E-state index < -0.39 is 0 Å². The molecule has 0 aliphatic heterocycles. The molecule has 4 heteroatoms. The zero-order valence-corrected chi connectivity index (χ0v) is 11.7. The lowest BCUT2D eigenvalue weighted by Gasteiger charge is -2.12. The summed E-state index contributed by atoms with van der Waals surface area (Å²) in [6.07, 6.45) is 1.51. The van der Waals surface area contributed by atoms with Gasteiger partial charge in [-0.2, -0.15) is 5.26 Å². The van der Waals surface area contributed by atoms with Crippen molar-refractivity contribution in [3.05, 3.63) is 51.7 Å². The molecule has 0 fully saturated rings. The molecule has 1 heterocycles. The van der Waals surface area contributed by atoms with Gasteiger partial charge in [0.2, 0.25) is 5.88 Å². The summed E-state index contributed by atoms with van der Waals surface area (Å²) in [6.45, 7) is 6.00. The first-order chi connectivity index (χ1) is 9.02. The molecule has 0 amide bonds. The summed E-state index contributed by atoms with van der Waals surface area (Å²) in [6, 6.07) is 7.58. The minimum Gasteiger partial charge on any atom is -0.437 e. The average molecular weight is 273 g/mol. The Bertz CT molecular complexity index is 675. The van der Waals surface area contributed by atoms with Crippen LogP contribution in [0.2, 0.25) is 5.02 Å². The molecule has 0 aliphatic rings. The molecule has 0 radical (unpaired) electrons. The largest absolute Gasteiger partial charge is 0.437 e. The fourth-order valence-electron chi connectivity index (χ4n) is 1.79. The van der Waals surface area contributed by atoms with Gasteiger partial charge in [-0.25, -0.2) is 4.98 Å². The highest BCUT2D eigenvalue weighted by Crippen LogP contribution is 2.32. The molecule has 2 aromatic rings. The van der Waals surface area contributed by atoms with E-state index in [0.717, 1.165) is 16.7 Å². The molecule has 2 rings (SSSR count). The van der Waals surface area contributed by atoms with Gasteiger partial charge in [-0.3, -0.25) is 0 Å². The van der Waals surface area contributed by atoms with E-state index >= 15 is 0 Å². The van der Waals surface area contributed by atoms with Crippen LogP contribution in [0.1, 0.15) is 22.3 Å². The molecule has 0 bridgehead atoms. The maximum absolute atomic E-state index is 8.93. The molecular weight excluding hydrogens is 260 g/mol. The summed E-state index contributed by atoms with van der Waals surface area (Å²) in [5.74, 6) is 0.968. The second-order valence-corrected chi connectivity index (χ2v) is 4.77. The van der Waals surface area contributed by atoms with Crippen molar-refractivity contribution in [3.8, 4) is 17.7 Å². The Kier molecular flexibility index (Phi) is 3.73. The van der Waals surface area contributed by atoms with Crippen LogP contribution in [0.15, 0.2) is 24.4 Å². The number of nitrogens with zero attached hydrogens (tertiary/aromatic N) is 2. The first-order valence-electron chi connectivity index (χ1n) is 5.83. The van der Waals surface area contributed by atoms with Crippen molar-refractivity contribution in [1.82, 2.24) is 4.98 Å². The molecule has 1 aromatic carbocycles. The molecule has 0 spiro atoms. The predicted octanol–water partition coefficient (Wildman–Crippen LogP) is 4.32. The van der Waals surface area contributed by atoms with Crippen molar-refractivity contribution in [2.45, 2.75) is 20.8 Å². The van der Waals surface area contributed by atoms with Crippen molar-refractivity contribution in [2.75, 3.05) is 0 Å².